The van der Waals surface area contributed by atoms with E-state index in [9.17, 15) is 4.79 Å². The van der Waals surface area contributed by atoms with Crippen molar-refractivity contribution in [3.05, 3.63) is 35.4 Å². The molecule has 0 atom stereocenters. The molecule has 100 valence electrons. The summed E-state index contributed by atoms with van der Waals surface area (Å²) in [5.74, 6) is 0.292. The smallest absolute Gasteiger partial charge is 0.251 e. The largest absolute Gasteiger partial charge is 0.394 e. The van der Waals surface area contributed by atoms with E-state index in [0.717, 1.165) is 12.0 Å². The molecule has 1 aromatic carbocycles. The number of benzene rings is 1. The van der Waals surface area contributed by atoms with Crippen molar-refractivity contribution >= 4 is 17.5 Å². The summed E-state index contributed by atoms with van der Waals surface area (Å²) in [6, 6.07) is 7.24. The second kappa shape index (κ2) is 8.91. The number of aliphatic hydroxyl groups is 1. The molecule has 0 fully saturated rings. The maximum atomic E-state index is 11.8. The minimum absolute atomic E-state index is 0.0254. The van der Waals surface area contributed by atoms with Crippen molar-refractivity contribution < 1.29 is 14.6 Å². The van der Waals surface area contributed by atoms with Gasteiger partial charge in [0.15, 0.2) is 0 Å². The molecule has 0 aliphatic carbocycles. The van der Waals surface area contributed by atoms with Gasteiger partial charge in [0.05, 0.1) is 13.2 Å². The molecule has 18 heavy (non-hydrogen) atoms. The molecule has 0 saturated heterocycles. The van der Waals surface area contributed by atoms with Crippen LogP contribution in [0.15, 0.2) is 24.3 Å². The van der Waals surface area contributed by atoms with Crippen LogP contribution in [0.2, 0.25) is 0 Å². The van der Waals surface area contributed by atoms with Crippen molar-refractivity contribution in [1.29, 1.82) is 0 Å². The van der Waals surface area contributed by atoms with E-state index in [0.29, 0.717) is 31.2 Å². The van der Waals surface area contributed by atoms with E-state index in [1.54, 1.807) is 12.1 Å². The van der Waals surface area contributed by atoms with Gasteiger partial charge in [-0.3, -0.25) is 4.79 Å². The Hall–Kier alpha value is -1.10. The van der Waals surface area contributed by atoms with Gasteiger partial charge in [-0.05, 0) is 24.1 Å². The molecule has 1 aromatic rings. The zero-order valence-electron chi connectivity index (χ0n) is 10.2. The molecule has 5 heteroatoms. The van der Waals surface area contributed by atoms with Gasteiger partial charge in [0.2, 0.25) is 0 Å². The lowest BCUT2D eigenvalue weighted by molar-refractivity contribution is 0.0867. The van der Waals surface area contributed by atoms with Crippen molar-refractivity contribution in [2.75, 3.05) is 26.4 Å². The van der Waals surface area contributed by atoms with Gasteiger partial charge < -0.3 is 15.2 Å². The Morgan fingerprint density at radius 2 is 2.22 bits per heavy atom. The van der Waals surface area contributed by atoms with E-state index >= 15 is 0 Å². The van der Waals surface area contributed by atoms with Gasteiger partial charge in [0.25, 0.3) is 5.91 Å². The summed E-state index contributed by atoms with van der Waals surface area (Å²) >= 11 is 5.71. The van der Waals surface area contributed by atoms with Crippen LogP contribution >= 0.6 is 11.6 Å². The molecule has 4 nitrogen and oxygen atoms in total. The van der Waals surface area contributed by atoms with Crippen molar-refractivity contribution in [3.8, 4) is 0 Å². The summed E-state index contributed by atoms with van der Waals surface area (Å²) in [5.41, 5.74) is 1.54. The number of hydrogen-bond donors (Lipinski definition) is 2. The number of halogens is 1. The Labute approximate surface area is 112 Å². The quantitative estimate of drug-likeness (QED) is 0.557. The van der Waals surface area contributed by atoms with Crippen LogP contribution in [0.4, 0.5) is 0 Å². The number of hydrogen-bond acceptors (Lipinski definition) is 3. The lowest BCUT2D eigenvalue weighted by Crippen LogP contribution is -2.25. The highest BCUT2D eigenvalue weighted by molar-refractivity contribution is 6.17. The molecular weight excluding hydrogens is 254 g/mol. The Morgan fingerprint density at radius 1 is 1.39 bits per heavy atom. The van der Waals surface area contributed by atoms with Gasteiger partial charge in [0, 0.05) is 24.6 Å². The SMILES string of the molecule is O=C(NCCCOCCO)c1cccc(CCl)c1. The third-order valence-corrected chi connectivity index (χ3v) is 2.64. The second-order valence-corrected chi connectivity index (χ2v) is 4.05. The van der Waals surface area contributed by atoms with E-state index in [-0.39, 0.29) is 12.5 Å². The molecule has 0 radical (unpaired) electrons. The number of ether oxygens (including phenoxy) is 1. The van der Waals surface area contributed by atoms with Gasteiger partial charge in [-0.2, -0.15) is 0 Å². The normalized spacial score (nSPS) is 10.3. The summed E-state index contributed by atoms with van der Waals surface area (Å²) < 4.78 is 5.09. The fraction of sp³-hybridized carbons (Fsp3) is 0.462. The average Bonchev–Trinajstić information content (AvgIpc) is 2.42. The van der Waals surface area contributed by atoms with E-state index in [1.807, 2.05) is 12.1 Å². The Morgan fingerprint density at radius 3 is 2.94 bits per heavy atom. The van der Waals surface area contributed by atoms with Crippen LogP contribution in [0.25, 0.3) is 0 Å². The monoisotopic (exact) mass is 271 g/mol. The minimum atomic E-state index is -0.107. The van der Waals surface area contributed by atoms with Gasteiger partial charge in [-0.25, -0.2) is 0 Å². The number of amides is 1. The Balaban J connectivity index is 2.27. The summed E-state index contributed by atoms with van der Waals surface area (Å²) in [6.07, 6.45) is 0.723. The number of carbonyl (C=O) groups is 1. The fourth-order valence-corrected chi connectivity index (χ4v) is 1.61. The van der Waals surface area contributed by atoms with Gasteiger partial charge >= 0.3 is 0 Å². The molecule has 2 N–H and O–H groups in total. The van der Waals surface area contributed by atoms with Crippen LogP contribution in [0.1, 0.15) is 22.3 Å². The standard InChI is InChI=1S/C13H18ClNO3/c14-10-11-3-1-4-12(9-11)13(17)15-5-2-7-18-8-6-16/h1,3-4,9,16H,2,5-8,10H2,(H,15,17). The molecule has 0 unspecified atom stereocenters. The average molecular weight is 272 g/mol. The van der Waals surface area contributed by atoms with Crippen LogP contribution in [0, 0.1) is 0 Å². The van der Waals surface area contributed by atoms with E-state index in [4.69, 9.17) is 21.4 Å². The Bertz CT molecular complexity index is 371. The maximum Gasteiger partial charge on any atom is 0.251 e. The van der Waals surface area contributed by atoms with Crippen molar-refractivity contribution in [1.82, 2.24) is 5.32 Å². The predicted octanol–water partition coefficient (Wildman–Crippen LogP) is 1.55. The number of alkyl halides is 1. The molecular formula is C13H18ClNO3. The molecule has 0 aliphatic rings. The minimum Gasteiger partial charge on any atom is -0.394 e. The molecule has 0 spiro atoms. The summed E-state index contributed by atoms with van der Waals surface area (Å²) in [7, 11) is 0. The molecule has 1 amide bonds. The van der Waals surface area contributed by atoms with Gasteiger partial charge in [-0.15, -0.1) is 11.6 Å². The van der Waals surface area contributed by atoms with Crippen molar-refractivity contribution in [2.24, 2.45) is 0 Å². The van der Waals surface area contributed by atoms with Crippen molar-refractivity contribution in [3.63, 3.8) is 0 Å². The molecule has 0 saturated carbocycles. The molecule has 0 bridgehead atoms. The van der Waals surface area contributed by atoms with Crippen LogP contribution in [-0.4, -0.2) is 37.4 Å². The van der Waals surface area contributed by atoms with Crippen LogP contribution in [0.5, 0.6) is 0 Å². The highest BCUT2D eigenvalue weighted by Gasteiger charge is 2.04. The molecule has 0 heterocycles. The number of aliphatic hydroxyl groups excluding tert-OH is 1. The van der Waals surface area contributed by atoms with E-state index < -0.39 is 0 Å². The number of nitrogens with one attached hydrogen (secondary N) is 1. The fourth-order valence-electron chi connectivity index (χ4n) is 1.44. The van der Waals surface area contributed by atoms with Gasteiger partial charge in [0.1, 0.15) is 0 Å². The first-order valence-electron chi connectivity index (χ1n) is 5.89. The topological polar surface area (TPSA) is 58.6 Å². The summed E-state index contributed by atoms with van der Waals surface area (Å²) in [6.45, 7) is 1.45. The number of rotatable bonds is 8. The molecule has 0 aliphatic heterocycles. The van der Waals surface area contributed by atoms with E-state index in [1.165, 1.54) is 0 Å². The van der Waals surface area contributed by atoms with Crippen LogP contribution < -0.4 is 5.32 Å². The first-order chi connectivity index (χ1) is 8.77. The summed E-state index contributed by atoms with van der Waals surface area (Å²) in [4.78, 5) is 11.8. The lowest BCUT2D eigenvalue weighted by Gasteiger charge is -2.06. The number of carbonyl (C=O) groups excluding carboxylic acids is 1. The van der Waals surface area contributed by atoms with Crippen LogP contribution in [-0.2, 0) is 10.6 Å². The maximum absolute atomic E-state index is 11.8. The summed E-state index contributed by atoms with van der Waals surface area (Å²) in [5, 5.41) is 11.3. The first kappa shape index (κ1) is 15.0. The zero-order chi connectivity index (χ0) is 13.2. The third-order valence-electron chi connectivity index (χ3n) is 2.33. The Kier molecular flexibility index (Phi) is 7.41. The highest BCUT2D eigenvalue weighted by atomic mass is 35.5. The van der Waals surface area contributed by atoms with Crippen molar-refractivity contribution in [2.45, 2.75) is 12.3 Å². The molecule has 0 aromatic heterocycles. The lowest BCUT2D eigenvalue weighted by atomic mass is 10.1. The second-order valence-electron chi connectivity index (χ2n) is 3.78. The van der Waals surface area contributed by atoms with Gasteiger partial charge in [-0.1, -0.05) is 12.1 Å². The van der Waals surface area contributed by atoms with Crippen LogP contribution in [0.3, 0.4) is 0 Å². The first-order valence-corrected chi connectivity index (χ1v) is 6.43. The third kappa shape index (κ3) is 5.49. The van der Waals surface area contributed by atoms with E-state index in [2.05, 4.69) is 5.32 Å². The highest BCUT2D eigenvalue weighted by Crippen LogP contribution is 2.07. The molecule has 1 rings (SSSR count). The zero-order valence-corrected chi connectivity index (χ0v) is 10.9. The predicted molar refractivity (Wildman–Crippen MR) is 70.9 cm³/mol.